The van der Waals surface area contributed by atoms with E-state index >= 15 is 0 Å². The Hall–Kier alpha value is -2.13. The van der Waals surface area contributed by atoms with Gasteiger partial charge in [0.15, 0.2) is 5.69 Å². The van der Waals surface area contributed by atoms with E-state index in [4.69, 9.17) is 0 Å². The zero-order valence-electron chi connectivity index (χ0n) is 14.5. The lowest BCUT2D eigenvalue weighted by Crippen LogP contribution is -2.47. The van der Waals surface area contributed by atoms with Gasteiger partial charge in [-0.15, -0.1) is 0 Å². The molecule has 5 rings (SSSR count). The Morgan fingerprint density at radius 1 is 1.15 bits per heavy atom. The van der Waals surface area contributed by atoms with Crippen LogP contribution in [0.1, 0.15) is 23.3 Å². The normalized spacial score (nSPS) is 33.1. The molecule has 1 aromatic carbocycles. The second kappa shape index (κ2) is 6.49. The molecule has 27 heavy (non-hydrogen) atoms. The number of nitrogens with zero attached hydrogens (tertiary/aromatic N) is 3. The molecule has 2 bridgehead atoms. The van der Waals surface area contributed by atoms with Gasteiger partial charge in [-0.2, -0.15) is 15.4 Å². The second-order valence-electron chi connectivity index (χ2n) is 7.62. The molecule has 142 valence electrons. The first-order chi connectivity index (χ1) is 13.1. The fourth-order valence-electron chi connectivity index (χ4n) is 4.94. The third-order valence-electron chi connectivity index (χ3n) is 6.18. The van der Waals surface area contributed by atoms with Crippen LogP contribution in [0.4, 0.5) is 4.39 Å². The van der Waals surface area contributed by atoms with Crippen molar-refractivity contribution in [2.45, 2.75) is 35.1 Å². The summed E-state index contributed by atoms with van der Waals surface area (Å²) >= 11 is 0. The number of fused-ring (bicyclic) bond motifs is 5. The number of likely N-dealkylation sites (tertiary alicyclic amines) is 1. The summed E-state index contributed by atoms with van der Waals surface area (Å²) in [7, 11) is -1.14. The third kappa shape index (κ3) is 2.89. The molecule has 1 aromatic heterocycles. The van der Waals surface area contributed by atoms with E-state index in [9.17, 15) is 13.4 Å². The average molecular weight is 389 g/mol. The predicted octanol–water partition coefficient (Wildman–Crippen LogP) is 0.943. The van der Waals surface area contributed by atoms with Crippen LogP contribution in [-0.2, 0) is 10.8 Å². The summed E-state index contributed by atoms with van der Waals surface area (Å²) < 4.78 is 26.1. The molecule has 0 aliphatic carbocycles. The first-order valence-corrected chi connectivity index (χ1v) is 10.4. The van der Waals surface area contributed by atoms with Gasteiger partial charge < -0.3 is 10.2 Å². The van der Waals surface area contributed by atoms with Crippen molar-refractivity contribution in [3.63, 3.8) is 0 Å². The van der Waals surface area contributed by atoms with Crippen molar-refractivity contribution < 1.29 is 13.4 Å². The largest absolute Gasteiger partial charge is 0.337 e. The first-order valence-electron chi connectivity index (χ1n) is 9.17. The summed E-state index contributed by atoms with van der Waals surface area (Å²) in [6.07, 6.45) is 3.08. The highest BCUT2D eigenvalue weighted by molar-refractivity contribution is 7.85. The van der Waals surface area contributed by atoms with E-state index in [1.54, 1.807) is 12.1 Å². The maximum absolute atomic E-state index is 13.1. The number of aromatic nitrogens is 3. The minimum atomic E-state index is -1.14. The molecule has 4 heterocycles. The van der Waals surface area contributed by atoms with Crippen LogP contribution in [0.3, 0.4) is 0 Å². The number of hydrogen-bond donors (Lipinski definition) is 2. The van der Waals surface area contributed by atoms with Crippen LogP contribution in [0.25, 0.3) is 0 Å². The number of hydrogen-bond acceptors (Lipinski definition) is 5. The fraction of sp³-hybridized carbons (Fsp3) is 0.500. The van der Waals surface area contributed by atoms with Crippen LogP contribution in [0.2, 0.25) is 0 Å². The van der Waals surface area contributed by atoms with Crippen LogP contribution < -0.4 is 5.32 Å². The molecule has 4 unspecified atom stereocenters. The number of H-pyrrole nitrogens is 1. The third-order valence-corrected chi connectivity index (χ3v) is 7.91. The van der Waals surface area contributed by atoms with Crippen molar-refractivity contribution in [1.29, 1.82) is 0 Å². The smallest absolute Gasteiger partial charge is 0.276 e. The second-order valence-corrected chi connectivity index (χ2v) is 9.35. The summed E-state index contributed by atoms with van der Waals surface area (Å²) in [4.78, 5) is 15.1. The van der Waals surface area contributed by atoms with Crippen LogP contribution >= 0.6 is 0 Å². The predicted molar refractivity (Wildman–Crippen MR) is 95.8 cm³/mol. The van der Waals surface area contributed by atoms with Crippen molar-refractivity contribution in [3.8, 4) is 0 Å². The molecule has 3 saturated heterocycles. The molecule has 6 atom stereocenters. The lowest BCUT2D eigenvalue weighted by molar-refractivity contribution is 0.0767. The van der Waals surface area contributed by atoms with E-state index in [1.165, 1.54) is 18.3 Å². The highest BCUT2D eigenvalue weighted by Gasteiger charge is 2.53. The minimum absolute atomic E-state index is 0.0667. The highest BCUT2D eigenvalue weighted by atomic mass is 32.2. The Morgan fingerprint density at radius 2 is 1.81 bits per heavy atom. The number of carbonyl (C=O) groups excluding carboxylic acids is 1. The molecular formula is C18H20FN5O2S. The average Bonchev–Trinajstić information content (AvgIpc) is 3.40. The zero-order chi connectivity index (χ0) is 18.5. The van der Waals surface area contributed by atoms with E-state index < -0.39 is 10.8 Å². The van der Waals surface area contributed by atoms with Crippen molar-refractivity contribution >= 4 is 16.7 Å². The molecule has 0 spiro atoms. The Morgan fingerprint density at radius 3 is 2.41 bits per heavy atom. The van der Waals surface area contributed by atoms with Crippen molar-refractivity contribution in [2.75, 3.05) is 13.1 Å². The van der Waals surface area contributed by atoms with Gasteiger partial charge in [-0.3, -0.25) is 9.00 Å². The molecule has 3 aliphatic heterocycles. The zero-order valence-corrected chi connectivity index (χ0v) is 15.4. The van der Waals surface area contributed by atoms with E-state index in [0.29, 0.717) is 35.5 Å². The van der Waals surface area contributed by atoms with Gasteiger partial charge in [0, 0.05) is 35.3 Å². The molecule has 2 N–H and O–H groups in total. The minimum Gasteiger partial charge on any atom is -0.337 e. The molecule has 7 nitrogen and oxygen atoms in total. The van der Waals surface area contributed by atoms with Crippen LogP contribution in [0.5, 0.6) is 0 Å². The number of carbonyl (C=O) groups is 1. The topological polar surface area (TPSA) is 91.0 Å². The maximum Gasteiger partial charge on any atom is 0.276 e. The molecule has 0 radical (unpaired) electrons. The highest BCUT2D eigenvalue weighted by Crippen LogP contribution is 2.43. The number of halogens is 1. The molecule has 3 fully saturated rings. The summed E-state index contributed by atoms with van der Waals surface area (Å²) in [6, 6.07) is 6.50. The molecule has 3 aliphatic rings. The number of amides is 1. The molecule has 9 heteroatoms. The molecule has 1 amide bonds. The van der Waals surface area contributed by atoms with E-state index in [1.807, 2.05) is 4.90 Å². The number of piperidine rings is 1. The van der Waals surface area contributed by atoms with Gasteiger partial charge in [-0.1, -0.05) is 0 Å². The van der Waals surface area contributed by atoms with Gasteiger partial charge in [0.1, 0.15) is 5.82 Å². The lowest BCUT2D eigenvalue weighted by atomic mass is 9.92. The number of benzene rings is 1. The van der Waals surface area contributed by atoms with Gasteiger partial charge in [-0.25, -0.2) is 4.39 Å². The van der Waals surface area contributed by atoms with Gasteiger partial charge in [0.25, 0.3) is 5.91 Å². The van der Waals surface area contributed by atoms with Crippen molar-refractivity contribution in [2.24, 2.45) is 11.8 Å². The Balaban J connectivity index is 1.29. The Kier molecular flexibility index (Phi) is 4.08. The Bertz CT molecular complexity index is 854. The summed E-state index contributed by atoms with van der Waals surface area (Å²) in [5, 5.41) is 13.8. The SMILES string of the molecule is O=C(c1cn[nH]n1)N1C[C@@H]2C3CC(S(=O)c4ccc(F)cc4)CC(N3)[C@@H]2C1. The lowest BCUT2D eigenvalue weighted by Gasteiger charge is -2.32. The van der Waals surface area contributed by atoms with E-state index in [2.05, 4.69) is 20.7 Å². The van der Waals surface area contributed by atoms with Crippen LogP contribution in [0.15, 0.2) is 35.4 Å². The standard InChI is InChI=1S/C18H20FN5O2S/c19-10-1-3-11(4-2-10)27(26)12-5-15-13-8-24(9-14(13)16(6-12)21-15)18(25)17-7-20-23-22-17/h1-4,7,12-16,21H,5-6,8-9H2,(H,20,22,23)/t12?,13-,14+,15?,16?,27?. The summed E-state index contributed by atoms with van der Waals surface area (Å²) in [5.74, 6) is 0.359. The van der Waals surface area contributed by atoms with E-state index in [-0.39, 0.29) is 29.1 Å². The summed E-state index contributed by atoms with van der Waals surface area (Å²) in [5.41, 5.74) is 0.350. The van der Waals surface area contributed by atoms with Crippen molar-refractivity contribution in [3.05, 3.63) is 42.0 Å². The van der Waals surface area contributed by atoms with Gasteiger partial charge in [-0.05, 0) is 48.9 Å². The van der Waals surface area contributed by atoms with Crippen molar-refractivity contribution in [1.82, 2.24) is 25.6 Å². The van der Waals surface area contributed by atoms with Gasteiger partial charge in [0.2, 0.25) is 0 Å². The molecule has 2 aromatic rings. The number of aromatic amines is 1. The number of rotatable bonds is 3. The Labute approximate surface area is 158 Å². The quantitative estimate of drug-likeness (QED) is 0.815. The van der Waals surface area contributed by atoms with Gasteiger partial charge >= 0.3 is 0 Å². The molecule has 0 saturated carbocycles. The maximum atomic E-state index is 13.1. The van der Waals surface area contributed by atoms with E-state index in [0.717, 1.165) is 12.8 Å². The molecular weight excluding hydrogens is 369 g/mol. The monoisotopic (exact) mass is 389 g/mol. The van der Waals surface area contributed by atoms with Crippen LogP contribution in [0, 0.1) is 17.7 Å². The van der Waals surface area contributed by atoms with Crippen LogP contribution in [-0.4, -0.2) is 60.8 Å². The number of nitrogens with one attached hydrogen (secondary N) is 2. The first kappa shape index (κ1) is 17.0. The fourth-order valence-corrected chi connectivity index (χ4v) is 6.50. The van der Waals surface area contributed by atoms with Gasteiger partial charge in [0.05, 0.1) is 17.0 Å². The summed E-state index contributed by atoms with van der Waals surface area (Å²) in [6.45, 7) is 1.39.